The van der Waals surface area contributed by atoms with Crippen molar-refractivity contribution in [1.29, 1.82) is 0 Å². The normalized spacial score (nSPS) is 14.1. The summed E-state index contributed by atoms with van der Waals surface area (Å²) in [5.74, 6) is 0.664. The lowest BCUT2D eigenvalue weighted by atomic mass is 10.0. The van der Waals surface area contributed by atoms with Gasteiger partial charge in [-0.1, -0.05) is 42.5 Å². The molecule has 5 rings (SSSR count). The van der Waals surface area contributed by atoms with Gasteiger partial charge in [0, 0.05) is 59.6 Å². The van der Waals surface area contributed by atoms with Crippen molar-refractivity contribution >= 4 is 22.4 Å². The summed E-state index contributed by atoms with van der Waals surface area (Å²) in [6.07, 6.45) is 3.53. The predicted octanol–water partition coefficient (Wildman–Crippen LogP) is 4.87. The Hall–Kier alpha value is -3.74. The smallest absolute Gasteiger partial charge is 0.255 e. The highest BCUT2D eigenvalue weighted by Crippen LogP contribution is 2.32. The van der Waals surface area contributed by atoms with Gasteiger partial charge in [0.2, 0.25) is 0 Å². The number of benzene rings is 3. The zero-order valence-electron chi connectivity index (χ0n) is 18.9. The molecule has 1 fully saturated rings. The van der Waals surface area contributed by atoms with Gasteiger partial charge >= 0.3 is 0 Å². The van der Waals surface area contributed by atoms with E-state index in [-0.39, 0.29) is 5.91 Å². The summed E-state index contributed by atoms with van der Waals surface area (Å²) in [7, 11) is 0. The fourth-order valence-electron chi connectivity index (χ4n) is 4.18. The van der Waals surface area contributed by atoms with Crippen molar-refractivity contribution in [2.75, 3.05) is 44.8 Å². The summed E-state index contributed by atoms with van der Waals surface area (Å²) in [5.41, 5.74) is 3.28. The van der Waals surface area contributed by atoms with E-state index in [4.69, 9.17) is 9.47 Å². The molecule has 0 bridgehead atoms. The largest absolute Gasteiger partial charge is 0.492 e. The first-order valence-electron chi connectivity index (χ1n) is 11.5. The van der Waals surface area contributed by atoms with Crippen LogP contribution in [0.4, 0.5) is 5.69 Å². The van der Waals surface area contributed by atoms with E-state index in [1.165, 1.54) is 0 Å². The number of anilines is 1. The van der Waals surface area contributed by atoms with Crippen LogP contribution >= 0.6 is 0 Å². The molecule has 0 radical (unpaired) electrons. The van der Waals surface area contributed by atoms with Crippen LogP contribution in [-0.4, -0.2) is 55.2 Å². The molecule has 0 unspecified atom stereocenters. The number of ether oxygens (including phenoxy) is 2. The maximum Gasteiger partial charge on any atom is 0.255 e. The van der Waals surface area contributed by atoms with Crippen molar-refractivity contribution in [3.05, 3.63) is 90.8 Å². The first kappa shape index (κ1) is 22.1. The van der Waals surface area contributed by atoms with E-state index < -0.39 is 0 Å². The van der Waals surface area contributed by atoms with Gasteiger partial charge in [0.1, 0.15) is 12.4 Å². The lowest BCUT2D eigenvalue weighted by molar-refractivity contribution is 0.0323. The van der Waals surface area contributed by atoms with Crippen molar-refractivity contribution in [1.82, 2.24) is 9.88 Å². The van der Waals surface area contributed by atoms with Crippen molar-refractivity contribution in [2.45, 2.75) is 0 Å². The van der Waals surface area contributed by atoms with Crippen LogP contribution in [0.25, 0.3) is 21.9 Å². The van der Waals surface area contributed by atoms with E-state index in [0.29, 0.717) is 12.2 Å². The standard InChI is InChI=1S/C28H27N3O3/c32-28(22-6-3-5-21(19-22)23-7-4-12-29-20-23)30-26-10-11-27(25-9-2-1-8-24(25)26)34-18-15-31-13-16-33-17-14-31/h1-12,19-20H,13-18H2,(H,30,32). The molecule has 1 N–H and O–H groups in total. The Morgan fingerprint density at radius 1 is 0.941 bits per heavy atom. The van der Waals surface area contributed by atoms with Gasteiger partial charge in [-0.25, -0.2) is 0 Å². The second-order valence-corrected chi connectivity index (χ2v) is 8.24. The van der Waals surface area contributed by atoms with Crippen LogP contribution in [0.3, 0.4) is 0 Å². The summed E-state index contributed by atoms with van der Waals surface area (Å²) in [6, 6.07) is 23.3. The first-order chi connectivity index (χ1) is 16.8. The molecule has 6 nitrogen and oxygen atoms in total. The summed E-state index contributed by atoms with van der Waals surface area (Å²) in [6.45, 7) is 4.92. The fraction of sp³-hybridized carbons (Fsp3) is 0.214. The van der Waals surface area contributed by atoms with Crippen molar-refractivity contribution in [2.24, 2.45) is 0 Å². The Bertz CT molecular complexity index is 1270. The van der Waals surface area contributed by atoms with Crippen LogP contribution in [0, 0.1) is 0 Å². The number of pyridine rings is 1. The van der Waals surface area contributed by atoms with Crippen LogP contribution in [0.1, 0.15) is 10.4 Å². The Morgan fingerprint density at radius 3 is 2.59 bits per heavy atom. The molecule has 0 saturated carbocycles. The lowest BCUT2D eigenvalue weighted by Gasteiger charge is -2.26. The summed E-state index contributed by atoms with van der Waals surface area (Å²) >= 11 is 0. The van der Waals surface area contributed by atoms with Crippen LogP contribution in [0.15, 0.2) is 85.2 Å². The van der Waals surface area contributed by atoms with E-state index in [0.717, 1.165) is 66.2 Å². The van der Waals surface area contributed by atoms with Gasteiger partial charge < -0.3 is 14.8 Å². The molecule has 4 aromatic rings. The Balaban J connectivity index is 1.32. The third-order valence-corrected chi connectivity index (χ3v) is 6.02. The molecule has 1 aliphatic heterocycles. The van der Waals surface area contributed by atoms with Crippen molar-refractivity contribution in [3.8, 4) is 16.9 Å². The van der Waals surface area contributed by atoms with E-state index in [1.54, 1.807) is 12.4 Å². The highest BCUT2D eigenvalue weighted by atomic mass is 16.5. The SMILES string of the molecule is O=C(Nc1ccc(OCCN2CCOCC2)c2ccccc12)c1cccc(-c2cccnc2)c1. The molecule has 1 saturated heterocycles. The van der Waals surface area contributed by atoms with Gasteiger partial charge in [-0.2, -0.15) is 0 Å². The van der Waals surface area contributed by atoms with Gasteiger partial charge in [0.05, 0.1) is 13.2 Å². The predicted molar refractivity (Wildman–Crippen MR) is 134 cm³/mol. The molecule has 1 aliphatic rings. The van der Waals surface area contributed by atoms with Gasteiger partial charge in [-0.3, -0.25) is 14.7 Å². The number of carbonyl (C=O) groups is 1. The topological polar surface area (TPSA) is 63.7 Å². The Morgan fingerprint density at radius 2 is 1.76 bits per heavy atom. The quantitative estimate of drug-likeness (QED) is 0.433. The Kier molecular flexibility index (Phi) is 6.79. The molecule has 0 atom stereocenters. The third-order valence-electron chi connectivity index (χ3n) is 6.02. The second kappa shape index (κ2) is 10.5. The maximum absolute atomic E-state index is 13.1. The summed E-state index contributed by atoms with van der Waals surface area (Å²) in [4.78, 5) is 19.6. The fourth-order valence-corrected chi connectivity index (χ4v) is 4.18. The second-order valence-electron chi connectivity index (χ2n) is 8.24. The van der Waals surface area contributed by atoms with Crippen molar-refractivity contribution < 1.29 is 14.3 Å². The number of hydrogen-bond acceptors (Lipinski definition) is 5. The molecule has 6 heteroatoms. The summed E-state index contributed by atoms with van der Waals surface area (Å²) in [5, 5.41) is 5.01. The van der Waals surface area contributed by atoms with E-state index in [2.05, 4.69) is 15.2 Å². The highest BCUT2D eigenvalue weighted by molar-refractivity contribution is 6.10. The molecular formula is C28H27N3O3. The number of carbonyl (C=O) groups excluding carboxylic acids is 1. The number of aromatic nitrogens is 1. The van der Waals surface area contributed by atoms with Crippen LogP contribution in [0.2, 0.25) is 0 Å². The minimum Gasteiger partial charge on any atom is -0.492 e. The summed E-state index contributed by atoms with van der Waals surface area (Å²) < 4.78 is 11.5. The molecule has 3 aromatic carbocycles. The van der Waals surface area contributed by atoms with Gasteiger partial charge in [-0.15, -0.1) is 0 Å². The van der Waals surface area contributed by atoms with Crippen molar-refractivity contribution in [3.63, 3.8) is 0 Å². The van der Waals surface area contributed by atoms with Crippen LogP contribution in [0.5, 0.6) is 5.75 Å². The average molecular weight is 454 g/mol. The number of fused-ring (bicyclic) bond motifs is 1. The number of nitrogens with zero attached hydrogens (tertiary/aromatic N) is 2. The van der Waals surface area contributed by atoms with E-state index >= 15 is 0 Å². The number of rotatable bonds is 7. The molecule has 34 heavy (non-hydrogen) atoms. The number of hydrogen-bond donors (Lipinski definition) is 1. The van der Waals surface area contributed by atoms with E-state index in [1.807, 2.05) is 72.8 Å². The third kappa shape index (κ3) is 5.09. The molecule has 0 spiro atoms. The average Bonchev–Trinajstić information content (AvgIpc) is 2.91. The van der Waals surface area contributed by atoms with Gasteiger partial charge in [0.15, 0.2) is 0 Å². The number of morpholine rings is 1. The monoisotopic (exact) mass is 453 g/mol. The molecule has 0 aliphatic carbocycles. The van der Waals surface area contributed by atoms with Crippen LogP contribution in [-0.2, 0) is 4.74 Å². The highest BCUT2D eigenvalue weighted by Gasteiger charge is 2.13. The lowest BCUT2D eigenvalue weighted by Crippen LogP contribution is -2.38. The number of nitrogens with one attached hydrogen (secondary N) is 1. The molecule has 2 heterocycles. The zero-order chi connectivity index (χ0) is 23.2. The number of amides is 1. The van der Waals surface area contributed by atoms with Gasteiger partial charge in [-0.05, 0) is 35.9 Å². The van der Waals surface area contributed by atoms with Gasteiger partial charge in [0.25, 0.3) is 5.91 Å². The maximum atomic E-state index is 13.1. The van der Waals surface area contributed by atoms with Crippen LogP contribution < -0.4 is 10.1 Å². The molecule has 1 amide bonds. The Labute approximate surface area is 199 Å². The molecule has 1 aromatic heterocycles. The zero-order valence-corrected chi connectivity index (χ0v) is 18.9. The molecular weight excluding hydrogens is 426 g/mol. The van der Waals surface area contributed by atoms with E-state index in [9.17, 15) is 4.79 Å². The molecule has 172 valence electrons. The first-order valence-corrected chi connectivity index (χ1v) is 11.5. The minimum atomic E-state index is -0.156. The minimum absolute atomic E-state index is 0.156.